The standard InChI is InChI=1S/C18H18F3N3/c1-24-16-8-3-2-7-15(16)23-17(24)13(11-22)9-12-5-4-6-14(10-12)18(19,20)21/h2-8,10,13H,9,11,22H2,1H3. The number of halogens is 3. The molecule has 3 nitrogen and oxygen atoms in total. The zero-order valence-corrected chi connectivity index (χ0v) is 13.2. The number of aromatic nitrogens is 2. The number of fused-ring (bicyclic) bond motifs is 1. The summed E-state index contributed by atoms with van der Waals surface area (Å²) in [5.74, 6) is 0.641. The third-order valence-corrected chi connectivity index (χ3v) is 4.21. The summed E-state index contributed by atoms with van der Waals surface area (Å²) in [4.78, 5) is 4.61. The van der Waals surface area contributed by atoms with Gasteiger partial charge in [-0.25, -0.2) is 4.98 Å². The fraction of sp³-hybridized carbons (Fsp3) is 0.278. The minimum absolute atomic E-state index is 0.147. The molecule has 3 aromatic rings. The normalized spacial score (nSPS) is 13.4. The third-order valence-electron chi connectivity index (χ3n) is 4.21. The topological polar surface area (TPSA) is 43.8 Å². The average molecular weight is 333 g/mol. The van der Waals surface area contributed by atoms with Crippen LogP contribution >= 0.6 is 0 Å². The quantitative estimate of drug-likeness (QED) is 0.787. The maximum Gasteiger partial charge on any atom is 0.416 e. The lowest BCUT2D eigenvalue weighted by Crippen LogP contribution is -2.19. The van der Waals surface area contributed by atoms with Crippen molar-refractivity contribution in [3.63, 3.8) is 0 Å². The van der Waals surface area contributed by atoms with Gasteiger partial charge in [0.2, 0.25) is 0 Å². The smallest absolute Gasteiger partial charge is 0.331 e. The number of nitrogens with zero attached hydrogens (tertiary/aromatic N) is 2. The Balaban J connectivity index is 1.93. The van der Waals surface area contributed by atoms with Crippen molar-refractivity contribution < 1.29 is 13.2 Å². The summed E-state index contributed by atoms with van der Waals surface area (Å²) in [6.45, 7) is 0.313. The van der Waals surface area contributed by atoms with Crippen LogP contribution in [0.25, 0.3) is 11.0 Å². The lowest BCUT2D eigenvalue weighted by atomic mass is 9.97. The molecule has 1 unspecified atom stereocenters. The first kappa shape index (κ1) is 16.5. The summed E-state index contributed by atoms with van der Waals surface area (Å²) in [6.07, 6.45) is -3.93. The largest absolute Gasteiger partial charge is 0.416 e. The van der Waals surface area contributed by atoms with Crippen molar-refractivity contribution in [2.24, 2.45) is 12.8 Å². The molecule has 0 aliphatic rings. The average Bonchev–Trinajstić information content (AvgIpc) is 2.89. The van der Waals surface area contributed by atoms with Crippen molar-refractivity contribution in [2.75, 3.05) is 6.54 Å². The van der Waals surface area contributed by atoms with Crippen LogP contribution < -0.4 is 5.73 Å². The van der Waals surface area contributed by atoms with E-state index >= 15 is 0 Å². The molecule has 6 heteroatoms. The Morgan fingerprint density at radius 2 is 1.88 bits per heavy atom. The molecule has 0 spiro atoms. The Bertz CT molecular complexity index is 852. The summed E-state index contributed by atoms with van der Waals surface area (Å²) < 4.78 is 40.6. The molecule has 2 N–H and O–H groups in total. The number of hydrogen-bond acceptors (Lipinski definition) is 2. The van der Waals surface area contributed by atoms with E-state index in [0.717, 1.165) is 22.9 Å². The molecule has 2 aromatic carbocycles. The first-order chi connectivity index (χ1) is 11.4. The van der Waals surface area contributed by atoms with Crippen LogP contribution in [0.1, 0.15) is 22.9 Å². The Hall–Kier alpha value is -2.34. The Morgan fingerprint density at radius 1 is 1.12 bits per heavy atom. The number of aryl methyl sites for hydroxylation is 1. The van der Waals surface area contributed by atoms with Gasteiger partial charge >= 0.3 is 6.18 Å². The second kappa shape index (κ2) is 6.28. The van der Waals surface area contributed by atoms with E-state index in [9.17, 15) is 13.2 Å². The van der Waals surface area contributed by atoms with E-state index in [4.69, 9.17) is 5.73 Å². The Kier molecular flexibility index (Phi) is 4.32. The molecule has 0 aliphatic heterocycles. The van der Waals surface area contributed by atoms with Crippen LogP contribution in [0.4, 0.5) is 13.2 Å². The highest BCUT2D eigenvalue weighted by atomic mass is 19.4. The van der Waals surface area contributed by atoms with Gasteiger partial charge in [-0.05, 0) is 30.2 Å². The third kappa shape index (κ3) is 3.14. The van der Waals surface area contributed by atoms with Crippen LogP contribution in [-0.2, 0) is 19.6 Å². The van der Waals surface area contributed by atoms with E-state index in [1.54, 1.807) is 6.07 Å². The number of para-hydroxylation sites is 2. The highest BCUT2D eigenvalue weighted by molar-refractivity contribution is 5.75. The highest BCUT2D eigenvalue weighted by Gasteiger charge is 2.30. The molecule has 1 aromatic heterocycles. The molecule has 0 radical (unpaired) electrons. The van der Waals surface area contributed by atoms with Gasteiger partial charge in [-0.15, -0.1) is 0 Å². The van der Waals surface area contributed by atoms with Gasteiger partial charge in [-0.3, -0.25) is 0 Å². The first-order valence-corrected chi connectivity index (χ1v) is 7.67. The number of imidazole rings is 1. The molecule has 0 amide bonds. The molecule has 24 heavy (non-hydrogen) atoms. The van der Waals surface area contributed by atoms with E-state index in [1.807, 2.05) is 35.9 Å². The minimum Gasteiger partial charge on any atom is -0.331 e. The van der Waals surface area contributed by atoms with Crippen LogP contribution in [0.5, 0.6) is 0 Å². The molecule has 0 saturated heterocycles. The SMILES string of the molecule is Cn1c(C(CN)Cc2cccc(C(F)(F)F)c2)nc2ccccc21. The molecule has 126 valence electrons. The summed E-state index contributed by atoms with van der Waals surface area (Å²) in [5.41, 5.74) is 7.70. The molecular weight excluding hydrogens is 315 g/mol. The number of alkyl halides is 3. The van der Waals surface area contributed by atoms with Gasteiger partial charge in [0, 0.05) is 19.5 Å². The fourth-order valence-corrected chi connectivity index (χ4v) is 2.97. The monoisotopic (exact) mass is 333 g/mol. The van der Waals surface area contributed by atoms with E-state index in [1.165, 1.54) is 12.1 Å². The van der Waals surface area contributed by atoms with Crippen LogP contribution in [0, 0.1) is 0 Å². The molecule has 3 rings (SSSR count). The molecule has 1 atom stereocenters. The Labute approximate surface area is 137 Å². The maximum absolute atomic E-state index is 12.9. The second-order valence-electron chi connectivity index (χ2n) is 5.85. The van der Waals surface area contributed by atoms with Crippen molar-refractivity contribution in [2.45, 2.75) is 18.5 Å². The molecule has 0 aliphatic carbocycles. The predicted molar refractivity (Wildman–Crippen MR) is 87.7 cm³/mol. The van der Waals surface area contributed by atoms with Crippen molar-refractivity contribution in [3.8, 4) is 0 Å². The van der Waals surface area contributed by atoms with Gasteiger partial charge in [0.05, 0.1) is 16.6 Å². The van der Waals surface area contributed by atoms with E-state index in [0.29, 0.717) is 18.5 Å². The van der Waals surface area contributed by atoms with E-state index in [-0.39, 0.29) is 5.92 Å². The van der Waals surface area contributed by atoms with Crippen LogP contribution in [0.2, 0.25) is 0 Å². The lowest BCUT2D eigenvalue weighted by Gasteiger charge is -2.16. The zero-order valence-electron chi connectivity index (χ0n) is 13.2. The number of hydrogen-bond donors (Lipinski definition) is 1. The number of benzene rings is 2. The van der Waals surface area contributed by atoms with Gasteiger partial charge in [0.1, 0.15) is 5.82 Å². The molecule has 0 bridgehead atoms. The molecule has 1 heterocycles. The van der Waals surface area contributed by atoms with Gasteiger partial charge in [-0.2, -0.15) is 13.2 Å². The fourth-order valence-electron chi connectivity index (χ4n) is 2.97. The van der Waals surface area contributed by atoms with Crippen molar-refractivity contribution in [3.05, 3.63) is 65.5 Å². The zero-order chi connectivity index (χ0) is 17.3. The number of nitrogens with two attached hydrogens (primary N) is 1. The van der Waals surface area contributed by atoms with Crippen LogP contribution in [-0.4, -0.2) is 16.1 Å². The van der Waals surface area contributed by atoms with Crippen molar-refractivity contribution in [1.82, 2.24) is 9.55 Å². The summed E-state index contributed by atoms with van der Waals surface area (Å²) in [6, 6.07) is 13.1. The van der Waals surface area contributed by atoms with Gasteiger partial charge < -0.3 is 10.3 Å². The molecule has 0 fully saturated rings. The molecule has 0 saturated carbocycles. The lowest BCUT2D eigenvalue weighted by molar-refractivity contribution is -0.137. The highest BCUT2D eigenvalue weighted by Crippen LogP contribution is 2.31. The molecular formula is C18H18F3N3. The summed E-state index contributed by atoms with van der Waals surface area (Å²) >= 11 is 0. The second-order valence-corrected chi connectivity index (χ2v) is 5.85. The van der Waals surface area contributed by atoms with Gasteiger partial charge in [-0.1, -0.05) is 30.3 Å². The summed E-state index contributed by atoms with van der Waals surface area (Å²) in [5, 5.41) is 0. The van der Waals surface area contributed by atoms with E-state index < -0.39 is 11.7 Å². The Morgan fingerprint density at radius 3 is 2.54 bits per heavy atom. The van der Waals surface area contributed by atoms with Gasteiger partial charge in [0.15, 0.2) is 0 Å². The van der Waals surface area contributed by atoms with E-state index in [2.05, 4.69) is 4.98 Å². The number of rotatable bonds is 4. The van der Waals surface area contributed by atoms with Gasteiger partial charge in [0.25, 0.3) is 0 Å². The summed E-state index contributed by atoms with van der Waals surface area (Å²) in [7, 11) is 1.90. The maximum atomic E-state index is 12.9. The minimum atomic E-state index is -4.34. The van der Waals surface area contributed by atoms with Crippen molar-refractivity contribution in [1.29, 1.82) is 0 Å². The van der Waals surface area contributed by atoms with Crippen LogP contribution in [0.15, 0.2) is 48.5 Å². The predicted octanol–water partition coefficient (Wildman–Crippen LogP) is 3.88. The first-order valence-electron chi connectivity index (χ1n) is 7.67. The van der Waals surface area contributed by atoms with Crippen LogP contribution in [0.3, 0.4) is 0 Å². The van der Waals surface area contributed by atoms with Crippen molar-refractivity contribution >= 4 is 11.0 Å².